The predicted octanol–water partition coefficient (Wildman–Crippen LogP) is 1.28. The first-order valence-electron chi connectivity index (χ1n) is 5.05. The van der Waals surface area contributed by atoms with E-state index in [4.69, 9.17) is 5.73 Å². The zero-order chi connectivity index (χ0) is 9.31. The van der Waals surface area contributed by atoms with E-state index < -0.39 is 0 Å². The van der Waals surface area contributed by atoms with Gasteiger partial charge in [-0.25, -0.2) is 0 Å². The summed E-state index contributed by atoms with van der Waals surface area (Å²) in [6.07, 6.45) is 5.66. The first-order chi connectivity index (χ1) is 6.32. The highest BCUT2D eigenvalue weighted by Gasteiger charge is 2.39. The Bertz CT molecular complexity index is 281. The molecule has 1 aliphatic rings. The standard InChI is InChI=1S/C10H17N3/c1-2-13-9(4-7-12-13)10(8-11)5-3-6-10/h4,7H,2-3,5-6,8,11H2,1H3. The third kappa shape index (κ3) is 1.18. The van der Waals surface area contributed by atoms with Gasteiger partial charge in [-0.2, -0.15) is 5.10 Å². The molecule has 72 valence electrons. The lowest BCUT2D eigenvalue weighted by Gasteiger charge is -2.41. The van der Waals surface area contributed by atoms with Gasteiger partial charge in [-0.05, 0) is 25.8 Å². The van der Waals surface area contributed by atoms with Crippen molar-refractivity contribution < 1.29 is 0 Å². The highest BCUT2D eigenvalue weighted by atomic mass is 15.3. The van der Waals surface area contributed by atoms with E-state index in [1.807, 2.05) is 6.20 Å². The van der Waals surface area contributed by atoms with E-state index in [1.54, 1.807) is 0 Å². The fourth-order valence-electron chi connectivity index (χ4n) is 2.20. The summed E-state index contributed by atoms with van der Waals surface area (Å²) < 4.78 is 2.08. The average molecular weight is 179 g/mol. The summed E-state index contributed by atoms with van der Waals surface area (Å²) in [6.45, 7) is 3.84. The first-order valence-corrected chi connectivity index (χ1v) is 5.05. The molecule has 0 saturated heterocycles. The number of nitrogens with zero attached hydrogens (tertiary/aromatic N) is 2. The molecule has 2 rings (SSSR count). The van der Waals surface area contributed by atoms with Crippen molar-refractivity contribution in [2.24, 2.45) is 5.73 Å². The molecule has 3 heteroatoms. The monoisotopic (exact) mass is 179 g/mol. The molecule has 0 bridgehead atoms. The molecule has 3 nitrogen and oxygen atoms in total. The van der Waals surface area contributed by atoms with Crippen molar-refractivity contribution in [3.05, 3.63) is 18.0 Å². The normalized spacial score (nSPS) is 19.8. The van der Waals surface area contributed by atoms with Crippen LogP contribution < -0.4 is 5.73 Å². The Labute approximate surface area is 78.9 Å². The summed E-state index contributed by atoms with van der Waals surface area (Å²) in [7, 11) is 0. The molecule has 1 aliphatic carbocycles. The Kier molecular flexibility index (Phi) is 2.12. The largest absolute Gasteiger partial charge is 0.330 e. The molecule has 0 atom stereocenters. The van der Waals surface area contributed by atoms with Crippen molar-refractivity contribution in [2.45, 2.75) is 38.1 Å². The Morgan fingerprint density at radius 2 is 2.38 bits per heavy atom. The van der Waals surface area contributed by atoms with E-state index in [0.29, 0.717) is 0 Å². The van der Waals surface area contributed by atoms with Crippen LogP contribution in [0.1, 0.15) is 31.9 Å². The van der Waals surface area contributed by atoms with Crippen molar-refractivity contribution in [1.82, 2.24) is 9.78 Å². The molecule has 13 heavy (non-hydrogen) atoms. The van der Waals surface area contributed by atoms with Gasteiger partial charge in [0.25, 0.3) is 0 Å². The summed E-state index contributed by atoms with van der Waals surface area (Å²) in [5.74, 6) is 0. The van der Waals surface area contributed by atoms with Crippen LogP contribution in [0.3, 0.4) is 0 Å². The number of hydrogen-bond acceptors (Lipinski definition) is 2. The second kappa shape index (κ2) is 3.14. The van der Waals surface area contributed by atoms with E-state index in [2.05, 4.69) is 22.8 Å². The van der Waals surface area contributed by atoms with Crippen LogP contribution in [0.5, 0.6) is 0 Å². The van der Waals surface area contributed by atoms with Gasteiger partial charge in [0.2, 0.25) is 0 Å². The fraction of sp³-hybridized carbons (Fsp3) is 0.700. The summed E-state index contributed by atoms with van der Waals surface area (Å²) in [5, 5.41) is 4.29. The van der Waals surface area contributed by atoms with Crippen LogP contribution in [0.25, 0.3) is 0 Å². The molecular formula is C10H17N3. The molecule has 1 aromatic rings. The van der Waals surface area contributed by atoms with Crippen LogP contribution in [0, 0.1) is 0 Å². The van der Waals surface area contributed by atoms with Gasteiger partial charge < -0.3 is 5.73 Å². The number of hydrogen-bond donors (Lipinski definition) is 1. The van der Waals surface area contributed by atoms with Crippen molar-refractivity contribution in [3.63, 3.8) is 0 Å². The van der Waals surface area contributed by atoms with Crippen LogP contribution >= 0.6 is 0 Å². The van der Waals surface area contributed by atoms with Crippen LogP contribution in [0.2, 0.25) is 0 Å². The highest BCUT2D eigenvalue weighted by molar-refractivity contribution is 5.20. The summed E-state index contributed by atoms with van der Waals surface area (Å²) in [5.41, 5.74) is 7.44. The van der Waals surface area contributed by atoms with Crippen LogP contribution in [-0.2, 0) is 12.0 Å². The van der Waals surface area contributed by atoms with Gasteiger partial charge in [0.15, 0.2) is 0 Å². The first kappa shape index (κ1) is 8.75. The predicted molar refractivity (Wildman–Crippen MR) is 52.5 cm³/mol. The van der Waals surface area contributed by atoms with Crippen molar-refractivity contribution >= 4 is 0 Å². The van der Waals surface area contributed by atoms with Crippen molar-refractivity contribution in [2.75, 3.05) is 6.54 Å². The molecule has 1 heterocycles. The third-order valence-electron chi connectivity index (χ3n) is 3.26. The number of aromatic nitrogens is 2. The lowest BCUT2D eigenvalue weighted by atomic mass is 9.66. The molecule has 0 aliphatic heterocycles. The van der Waals surface area contributed by atoms with Gasteiger partial charge in [0.1, 0.15) is 0 Å². The number of rotatable bonds is 3. The van der Waals surface area contributed by atoms with Gasteiger partial charge in [0, 0.05) is 30.4 Å². The van der Waals surface area contributed by atoms with Crippen LogP contribution in [-0.4, -0.2) is 16.3 Å². The number of nitrogens with two attached hydrogens (primary N) is 1. The molecule has 0 amide bonds. The quantitative estimate of drug-likeness (QED) is 0.759. The highest BCUT2D eigenvalue weighted by Crippen LogP contribution is 2.42. The van der Waals surface area contributed by atoms with E-state index in [1.165, 1.54) is 25.0 Å². The van der Waals surface area contributed by atoms with E-state index in [-0.39, 0.29) is 5.41 Å². The smallest absolute Gasteiger partial charge is 0.0492 e. The van der Waals surface area contributed by atoms with Gasteiger partial charge in [-0.3, -0.25) is 4.68 Å². The maximum atomic E-state index is 5.84. The second-order valence-corrected chi connectivity index (χ2v) is 3.87. The zero-order valence-corrected chi connectivity index (χ0v) is 8.16. The summed E-state index contributed by atoms with van der Waals surface area (Å²) in [4.78, 5) is 0. The molecule has 1 aromatic heterocycles. The van der Waals surface area contributed by atoms with E-state index in [0.717, 1.165) is 13.1 Å². The summed E-state index contributed by atoms with van der Waals surface area (Å²) in [6, 6.07) is 2.12. The molecule has 0 spiro atoms. The lowest BCUT2D eigenvalue weighted by molar-refractivity contribution is 0.235. The Morgan fingerprint density at radius 3 is 2.85 bits per heavy atom. The Hall–Kier alpha value is -0.830. The topological polar surface area (TPSA) is 43.8 Å². The third-order valence-corrected chi connectivity index (χ3v) is 3.26. The molecule has 0 unspecified atom stereocenters. The molecule has 1 fully saturated rings. The Morgan fingerprint density at radius 1 is 1.62 bits per heavy atom. The van der Waals surface area contributed by atoms with E-state index in [9.17, 15) is 0 Å². The minimum atomic E-state index is 0.256. The van der Waals surface area contributed by atoms with Crippen molar-refractivity contribution in [1.29, 1.82) is 0 Å². The van der Waals surface area contributed by atoms with Crippen LogP contribution in [0.15, 0.2) is 12.3 Å². The van der Waals surface area contributed by atoms with Crippen LogP contribution in [0.4, 0.5) is 0 Å². The SMILES string of the molecule is CCn1nccc1C1(CN)CCC1. The van der Waals surface area contributed by atoms with Gasteiger partial charge in [0.05, 0.1) is 0 Å². The Balaban J connectivity index is 2.32. The molecule has 0 aromatic carbocycles. The minimum Gasteiger partial charge on any atom is -0.330 e. The van der Waals surface area contributed by atoms with Gasteiger partial charge in [-0.1, -0.05) is 6.42 Å². The van der Waals surface area contributed by atoms with Gasteiger partial charge in [-0.15, -0.1) is 0 Å². The molecule has 1 saturated carbocycles. The maximum Gasteiger partial charge on any atom is 0.0492 e. The molecule has 0 radical (unpaired) electrons. The van der Waals surface area contributed by atoms with Gasteiger partial charge >= 0.3 is 0 Å². The average Bonchev–Trinajstić information content (AvgIpc) is 2.52. The van der Waals surface area contributed by atoms with E-state index >= 15 is 0 Å². The number of aryl methyl sites for hydroxylation is 1. The fourth-order valence-corrected chi connectivity index (χ4v) is 2.20. The maximum absolute atomic E-state index is 5.84. The lowest BCUT2D eigenvalue weighted by Crippen LogP contribution is -2.43. The summed E-state index contributed by atoms with van der Waals surface area (Å²) >= 11 is 0. The molecule has 2 N–H and O–H groups in total. The van der Waals surface area contributed by atoms with Crippen molar-refractivity contribution in [3.8, 4) is 0 Å². The second-order valence-electron chi connectivity index (χ2n) is 3.87. The molecular weight excluding hydrogens is 162 g/mol. The zero-order valence-electron chi connectivity index (χ0n) is 8.16. The minimum absolute atomic E-state index is 0.256.